The number of non-ortho nitro benzene ring substituents is 1. The number of rotatable bonds is 3. The van der Waals surface area contributed by atoms with Crippen LogP contribution in [-0.2, 0) is 6.42 Å². The first kappa shape index (κ1) is 10.7. The van der Waals surface area contributed by atoms with Crippen LogP contribution in [0.5, 0.6) is 0 Å². The van der Waals surface area contributed by atoms with Crippen molar-refractivity contribution in [3.05, 3.63) is 39.9 Å². The predicted octanol–water partition coefficient (Wildman–Crippen LogP) is 2.42. The van der Waals surface area contributed by atoms with E-state index in [0.29, 0.717) is 6.42 Å². The van der Waals surface area contributed by atoms with Gasteiger partial charge >= 0.3 is 0 Å². The van der Waals surface area contributed by atoms with E-state index in [1.165, 1.54) is 12.1 Å². The Morgan fingerprint density at radius 1 is 1.50 bits per heavy atom. The van der Waals surface area contributed by atoms with Gasteiger partial charge in [-0.15, -0.1) is 0 Å². The summed E-state index contributed by atoms with van der Waals surface area (Å²) in [7, 11) is 0. The lowest BCUT2D eigenvalue weighted by Gasteiger charge is -2.00. The molecule has 14 heavy (non-hydrogen) atoms. The maximum absolute atomic E-state index is 10.3. The van der Waals surface area contributed by atoms with Crippen LogP contribution in [0.25, 0.3) is 0 Å². The fraction of sp³-hybridized carbons (Fsp3) is 0.222. The van der Waals surface area contributed by atoms with Crippen molar-refractivity contribution >= 4 is 21.6 Å². The molecule has 1 aromatic rings. The monoisotopic (exact) mass is 254 g/mol. The molecule has 0 saturated heterocycles. The van der Waals surface area contributed by atoms with Gasteiger partial charge in [-0.25, -0.2) is 0 Å². The molecule has 0 aliphatic heterocycles. The van der Waals surface area contributed by atoms with Gasteiger partial charge in [0.1, 0.15) is 4.83 Å². The van der Waals surface area contributed by atoms with Gasteiger partial charge in [0.15, 0.2) is 0 Å². The Morgan fingerprint density at radius 2 is 2.07 bits per heavy atom. The van der Waals surface area contributed by atoms with E-state index in [1.54, 1.807) is 12.1 Å². The lowest BCUT2D eigenvalue weighted by Crippen LogP contribution is -1.98. The normalized spacial score (nSPS) is 11.7. The molecule has 0 amide bonds. The maximum atomic E-state index is 10.3. The molecule has 4 nitrogen and oxygen atoms in total. The van der Waals surface area contributed by atoms with Crippen molar-refractivity contribution in [1.82, 2.24) is 0 Å². The lowest BCUT2D eigenvalue weighted by atomic mass is 10.1. The molecule has 1 atom stereocenters. The molecule has 0 N–H and O–H groups in total. The second kappa shape index (κ2) is 4.72. The number of hydrogen-bond acceptors (Lipinski definition) is 3. The molecule has 0 fully saturated rings. The molecule has 0 aliphatic carbocycles. The highest BCUT2D eigenvalue weighted by atomic mass is 79.9. The van der Waals surface area contributed by atoms with Crippen LogP contribution in [0, 0.1) is 21.4 Å². The highest BCUT2D eigenvalue weighted by Crippen LogP contribution is 2.14. The smallest absolute Gasteiger partial charge is 0.258 e. The van der Waals surface area contributed by atoms with Crippen molar-refractivity contribution in [2.24, 2.45) is 0 Å². The van der Waals surface area contributed by atoms with E-state index in [4.69, 9.17) is 5.26 Å². The van der Waals surface area contributed by atoms with E-state index in [9.17, 15) is 10.1 Å². The summed E-state index contributed by atoms with van der Waals surface area (Å²) in [6.07, 6.45) is 0.550. The summed E-state index contributed by atoms with van der Waals surface area (Å²) in [6.45, 7) is 0. The van der Waals surface area contributed by atoms with E-state index in [-0.39, 0.29) is 10.5 Å². The summed E-state index contributed by atoms with van der Waals surface area (Å²) in [5.74, 6) is 0. The van der Waals surface area contributed by atoms with E-state index >= 15 is 0 Å². The number of nitrogens with zero attached hydrogens (tertiary/aromatic N) is 2. The number of alkyl halides is 1. The molecule has 0 radical (unpaired) electrons. The van der Waals surface area contributed by atoms with Gasteiger partial charge in [0.05, 0.1) is 11.0 Å². The van der Waals surface area contributed by atoms with E-state index in [1.807, 2.05) is 6.07 Å². The van der Waals surface area contributed by atoms with Crippen LogP contribution >= 0.6 is 15.9 Å². The number of nitriles is 1. The van der Waals surface area contributed by atoms with Gasteiger partial charge in [-0.3, -0.25) is 10.1 Å². The molecule has 0 aromatic heterocycles. The summed E-state index contributed by atoms with van der Waals surface area (Å²) in [5, 5.41) is 18.9. The average Bonchev–Trinajstić information content (AvgIpc) is 2.18. The Bertz CT molecular complexity index is 369. The van der Waals surface area contributed by atoms with Crippen LogP contribution in [0.4, 0.5) is 5.69 Å². The molecule has 1 aromatic carbocycles. The fourth-order valence-corrected chi connectivity index (χ4v) is 1.38. The zero-order valence-corrected chi connectivity index (χ0v) is 8.77. The van der Waals surface area contributed by atoms with Crippen LogP contribution in [0.2, 0.25) is 0 Å². The minimum absolute atomic E-state index is 0.0665. The third kappa shape index (κ3) is 2.82. The minimum Gasteiger partial charge on any atom is -0.258 e. The van der Waals surface area contributed by atoms with Crippen molar-refractivity contribution in [2.75, 3.05) is 0 Å². The lowest BCUT2D eigenvalue weighted by molar-refractivity contribution is -0.384. The van der Waals surface area contributed by atoms with E-state index < -0.39 is 4.92 Å². The molecule has 0 spiro atoms. The second-order valence-electron chi connectivity index (χ2n) is 2.72. The fourth-order valence-electron chi connectivity index (χ4n) is 1.01. The molecule has 1 rings (SSSR count). The minimum atomic E-state index is -0.445. The van der Waals surface area contributed by atoms with Crippen LogP contribution < -0.4 is 0 Å². The summed E-state index contributed by atoms with van der Waals surface area (Å²) >= 11 is 3.17. The van der Waals surface area contributed by atoms with Crippen LogP contribution in [0.1, 0.15) is 5.56 Å². The van der Waals surface area contributed by atoms with Gasteiger partial charge in [0.2, 0.25) is 0 Å². The van der Waals surface area contributed by atoms with E-state index in [0.717, 1.165) is 5.56 Å². The molecule has 0 bridgehead atoms. The Labute approximate surface area is 89.4 Å². The molecule has 0 heterocycles. The highest BCUT2D eigenvalue weighted by molar-refractivity contribution is 9.09. The third-order valence-electron chi connectivity index (χ3n) is 1.70. The zero-order chi connectivity index (χ0) is 10.6. The first-order valence-corrected chi connectivity index (χ1v) is 4.82. The number of nitro benzene ring substituents is 1. The van der Waals surface area contributed by atoms with Gasteiger partial charge in [-0.2, -0.15) is 5.26 Å². The van der Waals surface area contributed by atoms with Crippen molar-refractivity contribution < 1.29 is 4.92 Å². The highest BCUT2D eigenvalue weighted by Gasteiger charge is 2.06. The number of hydrogen-bond donors (Lipinski definition) is 0. The molecular weight excluding hydrogens is 248 g/mol. The van der Waals surface area contributed by atoms with Crippen molar-refractivity contribution in [2.45, 2.75) is 11.2 Å². The summed E-state index contributed by atoms with van der Waals surface area (Å²) in [6, 6.07) is 8.22. The summed E-state index contributed by atoms with van der Waals surface area (Å²) in [5.41, 5.74) is 0.968. The van der Waals surface area contributed by atoms with Crippen molar-refractivity contribution in [3.8, 4) is 6.07 Å². The largest absolute Gasteiger partial charge is 0.269 e. The summed E-state index contributed by atoms with van der Waals surface area (Å²) in [4.78, 5) is 9.64. The number of benzene rings is 1. The van der Waals surface area contributed by atoms with Crippen molar-refractivity contribution in [3.63, 3.8) is 0 Å². The van der Waals surface area contributed by atoms with Gasteiger partial charge < -0.3 is 0 Å². The number of halogens is 1. The SMILES string of the molecule is N#C[C@H](Br)Cc1ccc([N+](=O)[O-])cc1. The van der Waals surface area contributed by atoms with Gasteiger partial charge in [0, 0.05) is 12.1 Å². The maximum Gasteiger partial charge on any atom is 0.269 e. The predicted molar refractivity (Wildman–Crippen MR) is 55.1 cm³/mol. The topological polar surface area (TPSA) is 66.9 Å². The Hall–Kier alpha value is -1.41. The molecule has 0 unspecified atom stereocenters. The standard InChI is InChI=1S/C9H7BrN2O2/c10-8(6-11)5-7-1-3-9(4-2-7)12(13)14/h1-4,8H,5H2/t8-/m1/s1. The molecule has 5 heteroatoms. The third-order valence-corrected chi connectivity index (χ3v) is 2.23. The Morgan fingerprint density at radius 3 is 2.50 bits per heavy atom. The second-order valence-corrected chi connectivity index (χ2v) is 3.83. The molecular formula is C9H7BrN2O2. The molecule has 0 saturated carbocycles. The van der Waals surface area contributed by atoms with Crippen LogP contribution in [-0.4, -0.2) is 9.75 Å². The Kier molecular flexibility index (Phi) is 3.60. The van der Waals surface area contributed by atoms with Crippen LogP contribution in [0.3, 0.4) is 0 Å². The van der Waals surface area contributed by atoms with Crippen molar-refractivity contribution in [1.29, 1.82) is 5.26 Å². The van der Waals surface area contributed by atoms with Crippen LogP contribution in [0.15, 0.2) is 24.3 Å². The van der Waals surface area contributed by atoms with Gasteiger partial charge in [-0.05, 0) is 12.0 Å². The van der Waals surface area contributed by atoms with Gasteiger partial charge in [0.25, 0.3) is 5.69 Å². The quantitative estimate of drug-likeness (QED) is 0.473. The Balaban J connectivity index is 2.75. The summed E-state index contributed by atoms with van der Waals surface area (Å²) < 4.78 is 0. The molecule has 72 valence electrons. The zero-order valence-electron chi connectivity index (χ0n) is 7.18. The first-order valence-electron chi connectivity index (χ1n) is 3.90. The van der Waals surface area contributed by atoms with E-state index in [2.05, 4.69) is 15.9 Å². The van der Waals surface area contributed by atoms with Gasteiger partial charge in [-0.1, -0.05) is 28.1 Å². The molecule has 0 aliphatic rings. The average molecular weight is 255 g/mol. The number of nitro groups is 1. The first-order chi connectivity index (χ1) is 6.63.